The van der Waals surface area contributed by atoms with Gasteiger partial charge in [-0.3, -0.25) is 0 Å². The van der Waals surface area contributed by atoms with Gasteiger partial charge in [-0.1, -0.05) is 109 Å². The number of nitrogens with one attached hydrogen (secondary N) is 1. The standard InChI is InChI=1S/C38H41NO7/c40-27-41-26-34-35(43-23-28-12-4-1-5-13-28)36(44-24-29-14-6-2-7-15-29)37(45-25-30-16-8-3-9-17-30)38(46-34)42-21-20-31-22-39-33-19-11-10-18-32(31)33/h1-19,22,34-40H,20-21,23-27H2. The summed E-state index contributed by atoms with van der Waals surface area (Å²) in [5, 5.41) is 10.7. The lowest BCUT2D eigenvalue weighted by molar-refractivity contribution is -0.329. The monoisotopic (exact) mass is 623 g/mol. The Bertz CT molecular complexity index is 1580. The van der Waals surface area contributed by atoms with E-state index in [-0.39, 0.29) is 6.61 Å². The minimum atomic E-state index is -0.779. The van der Waals surface area contributed by atoms with Crippen molar-refractivity contribution in [1.82, 2.24) is 4.98 Å². The summed E-state index contributed by atoms with van der Waals surface area (Å²) in [6, 6.07) is 38.2. The fourth-order valence-electron chi connectivity index (χ4n) is 5.81. The van der Waals surface area contributed by atoms with Gasteiger partial charge in [-0.05, 0) is 34.7 Å². The second-order valence-electron chi connectivity index (χ2n) is 11.3. The predicted octanol–water partition coefficient (Wildman–Crippen LogP) is 6.17. The van der Waals surface area contributed by atoms with Crippen molar-refractivity contribution in [3.63, 3.8) is 0 Å². The minimum absolute atomic E-state index is 0.0921. The fourth-order valence-corrected chi connectivity index (χ4v) is 5.81. The number of fused-ring (bicyclic) bond motifs is 1. The molecule has 8 heteroatoms. The molecule has 1 aliphatic heterocycles. The van der Waals surface area contributed by atoms with E-state index >= 15 is 0 Å². The molecule has 1 saturated heterocycles. The molecule has 240 valence electrons. The van der Waals surface area contributed by atoms with E-state index in [0.717, 1.165) is 27.8 Å². The summed E-state index contributed by atoms with van der Waals surface area (Å²) in [5.74, 6) is 0. The van der Waals surface area contributed by atoms with E-state index in [2.05, 4.69) is 17.1 Å². The average molecular weight is 624 g/mol. The van der Waals surface area contributed by atoms with Crippen LogP contribution in [0, 0.1) is 0 Å². The van der Waals surface area contributed by atoms with Crippen molar-refractivity contribution in [2.75, 3.05) is 20.0 Å². The largest absolute Gasteiger partial charge is 0.371 e. The molecule has 0 amide bonds. The summed E-state index contributed by atoms with van der Waals surface area (Å²) >= 11 is 0. The van der Waals surface area contributed by atoms with Crippen molar-refractivity contribution in [3.05, 3.63) is 144 Å². The van der Waals surface area contributed by atoms with Gasteiger partial charge in [-0.15, -0.1) is 0 Å². The topological polar surface area (TPSA) is 91.4 Å². The third-order valence-electron chi connectivity index (χ3n) is 8.15. The van der Waals surface area contributed by atoms with Gasteiger partial charge in [0.15, 0.2) is 6.29 Å². The number of aliphatic hydroxyl groups excluding tert-OH is 1. The van der Waals surface area contributed by atoms with Crippen LogP contribution in [-0.2, 0) is 54.7 Å². The predicted molar refractivity (Wildman–Crippen MR) is 175 cm³/mol. The van der Waals surface area contributed by atoms with E-state index in [0.29, 0.717) is 32.8 Å². The average Bonchev–Trinajstić information content (AvgIpc) is 3.53. The Morgan fingerprint density at radius 2 is 1.15 bits per heavy atom. The molecule has 0 spiro atoms. The van der Waals surface area contributed by atoms with Crippen LogP contribution in [0.1, 0.15) is 22.3 Å². The summed E-state index contributed by atoms with van der Waals surface area (Å²) in [7, 11) is 0. The van der Waals surface area contributed by atoms with Gasteiger partial charge in [0.05, 0.1) is 33.0 Å². The Morgan fingerprint density at radius 1 is 0.609 bits per heavy atom. The number of aromatic nitrogens is 1. The van der Waals surface area contributed by atoms with Crippen molar-refractivity contribution in [3.8, 4) is 0 Å². The quantitative estimate of drug-likeness (QED) is 0.127. The van der Waals surface area contributed by atoms with Gasteiger partial charge in [0.25, 0.3) is 0 Å². The molecule has 8 nitrogen and oxygen atoms in total. The molecule has 4 aromatic carbocycles. The van der Waals surface area contributed by atoms with Crippen LogP contribution in [0.4, 0.5) is 0 Å². The highest BCUT2D eigenvalue weighted by Crippen LogP contribution is 2.32. The number of H-pyrrole nitrogens is 1. The molecule has 0 radical (unpaired) electrons. The van der Waals surface area contributed by atoms with Gasteiger partial charge >= 0.3 is 0 Å². The Labute approximate surface area is 269 Å². The summed E-state index contributed by atoms with van der Waals surface area (Å²) < 4.78 is 38.4. The van der Waals surface area contributed by atoms with Crippen LogP contribution < -0.4 is 0 Å². The molecule has 0 bridgehead atoms. The number of hydrogen-bond acceptors (Lipinski definition) is 7. The molecule has 5 aromatic rings. The van der Waals surface area contributed by atoms with E-state index in [4.69, 9.17) is 28.4 Å². The SMILES string of the molecule is OCOCC1OC(OCCc2c[nH]c3ccccc23)C(OCc2ccccc2)C(OCc2ccccc2)C1OCc1ccccc1. The van der Waals surface area contributed by atoms with Crippen molar-refractivity contribution >= 4 is 10.9 Å². The zero-order valence-corrected chi connectivity index (χ0v) is 25.8. The van der Waals surface area contributed by atoms with Crippen molar-refractivity contribution < 1.29 is 33.5 Å². The normalized spacial score (nSPS) is 21.5. The Hall–Kier alpha value is -3.86. The molecule has 5 unspecified atom stereocenters. The van der Waals surface area contributed by atoms with Gasteiger partial charge in [-0.2, -0.15) is 0 Å². The third-order valence-corrected chi connectivity index (χ3v) is 8.15. The van der Waals surface area contributed by atoms with Gasteiger partial charge in [0.1, 0.15) is 31.2 Å². The molecule has 2 N–H and O–H groups in total. The molecule has 0 saturated carbocycles. The van der Waals surface area contributed by atoms with Crippen molar-refractivity contribution in [2.45, 2.75) is 56.9 Å². The lowest BCUT2D eigenvalue weighted by atomic mass is 9.97. The summed E-state index contributed by atoms with van der Waals surface area (Å²) in [6.07, 6.45) is -0.452. The zero-order valence-electron chi connectivity index (χ0n) is 25.8. The van der Waals surface area contributed by atoms with E-state index in [9.17, 15) is 5.11 Å². The maximum absolute atomic E-state index is 9.56. The number of aromatic amines is 1. The summed E-state index contributed by atoms with van der Waals surface area (Å²) in [4.78, 5) is 3.34. The molecule has 6 rings (SSSR count). The van der Waals surface area contributed by atoms with Gasteiger partial charge in [0.2, 0.25) is 0 Å². The van der Waals surface area contributed by atoms with Crippen LogP contribution in [0.5, 0.6) is 0 Å². The number of ether oxygens (including phenoxy) is 6. The van der Waals surface area contributed by atoms with E-state index in [1.165, 1.54) is 5.39 Å². The van der Waals surface area contributed by atoms with Crippen LogP contribution in [0.25, 0.3) is 10.9 Å². The Kier molecular flexibility index (Phi) is 11.6. The highest BCUT2D eigenvalue weighted by Gasteiger charge is 2.49. The van der Waals surface area contributed by atoms with Crippen molar-refractivity contribution in [2.24, 2.45) is 0 Å². The molecule has 1 fully saturated rings. The van der Waals surface area contributed by atoms with Crippen LogP contribution in [0.3, 0.4) is 0 Å². The van der Waals surface area contributed by atoms with Crippen LogP contribution >= 0.6 is 0 Å². The van der Waals surface area contributed by atoms with Gasteiger partial charge in [-0.25, -0.2) is 0 Å². The smallest absolute Gasteiger partial charge is 0.186 e. The zero-order chi connectivity index (χ0) is 31.4. The summed E-state index contributed by atoms with van der Waals surface area (Å²) in [6.45, 7) is 1.07. The first-order valence-electron chi connectivity index (χ1n) is 15.8. The molecule has 0 aliphatic carbocycles. The molecule has 1 aromatic heterocycles. The van der Waals surface area contributed by atoms with Crippen LogP contribution in [0.15, 0.2) is 121 Å². The molecular weight excluding hydrogens is 582 g/mol. The maximum Gasteiger partial charge on any atom is 0.186 e. The second kappa shape index (κ2) is 16.6. The minimum Gasteiger partial charge on any atom is -0.371 e. The van der Waals surface area contributed by atoms with E-state index in [1.807, 2.05) is 109 Å². The fraction of sp³-hybridized carbons (Fsp3) is 0.316. The molecule has 46 heavy (non-hydrogen) atoms. The third kappa shape index (κ3) is 8.48. The lowest BCUT2D eigenvalue weighted by Gasteiger charge is -2.45. The maximum atomic E-state index is 9.56. The van der Waals surface area contributed by atoms with Crippen molar-refractivity contribution in [1.29, 1.82) is 0 Å². The lowest BCUT2D eigenvalue weighted by Crippen LogP contribution is -2.61. The molecule has 2 heterocycles. The Balaban J connectivity index is 1.27. The molecular formula is C38H41NO7. The van der Waals surface area contributed by atoms with E-state index in [1.54, 1.807) is 0 Å². The summed E-state index contributed by atoms with van der Waals surface area (Å²) in [5.41, 5.74) is 5.32. The number of aliphatic hydroxyl groups is 1. The highest BCUT2D eigenvalue weighted by atomic mass is 16.7. The highest BCUT2D eigenvalue weighted by molar-refractivity contribution is 5.83. The first-order chi connectivity index (χ1) is 22.8. The number of benzene rings is 4. The Morgan fingerprint density at radius 3 is 1.76 bits per heavy atom. The second-order valence-corrected chi connectivity index (χ2v) is 11.3. The molecule has 5 atom stereocenters. The first-order valence-corrected chi connectivity index (χ1v) is 15.8. The van der Waals surface area contributed by atoms with E-state index < -0.39 is 37.5 Å². The van der Waals surface area contributed by atoms with Crippen LogP contribution in [-0.4, -0.2) is 60.8 Å². The van der Waals surface area contributed by atoms with Crippen LogP contribution in [0.2, 0.25) is 0 Å². The van der Waals surface area contributed by atoms with Gasteiger partial charge in [0, 0.05) is 17.1 Å². The number of rotatable bonds is 16. The first kappa shape index (κ1) is 32.1. The van der Waals surface area contributed by atoms with Gasteiger partial charge < -0.3 is 38.5 Å². The number of para-hydroxylation sites is 1. The number of hydrogen-bond donors (Lipinski definition) is 2. The molecule has 1 aliphatic rings.